The lowest BCUT2D eigenvalue weighted by atomic mass is 10.3. The van der Waals surface area contributed by atoms with E-state index in [1.165, 1.54) is 12.4 Å². The van der Waals surface area contributed by atoms with Crippen LogP contribution < -0.4 is 0 Å². The van der Waals surface area contributed by atoms with Crippen LogP contribution in [-0.2, 0) is 9.84 Å². The smallest absolute Gasteiger partial charge is 0.242 e. The molecule has 2 aromatic heterocycles. The maximum absolute atomic E-state index is 11.2. The van der Waals surface area contributed by atoms with E-state index in [9.17, 15) is 8.42 Å². The Morgan fingerprint density at radius 1 is 1.33 bits per heavy atom. The van der Waals surface area contributed by atoms with E-state index < -0.39 is 9.84 Å². The molecule has 2 rings (SSSR count). The first-order valence-electron chi connectivity index (χ1n) is 3.96. The lowest BCUT2D eigenvalue weighted by Gasteiger charge is -2.00. The summed E-state index contributed by atoms with van der Waals surface area (Å²) in [5.74, 6) is 0. The normalized spacial score (nSPS) is 11.9. The van der Waals surface area contributed by atoms with Crippen molar-refractivity contribution in [3.63, 3.8) is 0 Å². The van der Waals surface area contributed by atoms with Crippen molar-refractivity contribution in [2.24, 2.45) is 0 Å². The third kappa shape index (κ3) is 1.91. The second-order valence-electron chi connectivity index (χ2n) is 2.96. The molecule has 0 spiro atoms. The van der Waals surface area contributed by atoms with E-state index in [1.807, 2.05) is 0 Å². The van der Waals surface area contributed by atoms with Crippen molar-refractivity contribution in [1.29, 1.82) is 0 Å². The topological polar surface area (TPSA) is 72.8 Å². The summed E-state index contributed by atoms with van der Waals surface area (Å²) in [4.78, 5) is 11.4. The van der Waals surface area contributed by atoms with Gasteiger partial charge in [-0.05, 0) is 6.07 Å². The highest BCUT2D eigenvalue weighted by atomic mass is 35.5. The average molecular weight is 244 g/mol. The second kappa shape index (κ2) is 3.39. The molecule has 2 heterocycles. The van der Waals surface area contributed by atoms with Gasteiger partial charge in [-0.25, -0.2) is 23.4 Å². The predicted octanol–water partition coefficient (Wildman–Crippen LogP) is 1.08. The van der Waals surface area contributed by atoms with Gasteiger partial charge >= 0.3 is 0 Å². The van der Waals surface area contributed by atoms with Crippen molar-refractivity contribution in [3.05, 3.63) is 23.6 Å². The number of aromatic nitrogens is 3. The first kappa shape index (κ1) is 10.3. The summed E-state index contributed by atoms with van der Waals surface area (Å²) in [6, 6.07) is 1.66. The van der Waals surface area contributed by atoms with E-state index in [1.54, 1.807) is 6.07 Å². The average Bonchev–Trinajstić information content (AvgIpc) is 2.16. The molecule has 0 saturated carbocycles. The summed E-state index contributed by atoms with van der Waals surface area (Å²) < 4.78 is 22.4. The molecule has 0 unspecified atom stereocenters. The third-order valence-electron chi connectivity index (χ3n) is 1.76. The summed E-state index contributed by atoms with van der Waals surface area (Å²) >= 11 is 5.78. The Kier molecular flexibility index (Phi) is 2.32. The van der Waals surface area contributed by atoms with Crippen LogP contribution in [0.25, 0.3) is 10.9 Å². The molecule has 0 aliphatic carbocycles. The molecule has 0 aliphatic rings. The van der Waals surface area contributed by atoms with E-state index in [0.29, 0.717) is 10.9 Å². The predicted molar refractivity (Wildman–Crippen MR) is 55.5 cm³/mol. The van der Waals surface area contributed by atoms with Crippen LogP contribution in [-0.4, -0.2) is 29.6 Å². The number of hydrogen-bond donors (Lipinski definition) is 0. The number of nitrogens with zero attached hydrogens (tertiary/aromatic N) is 3. The summed E-state index contributed by atoms with van der Waals surface area (Å²) in [5.41, 5.74) is 0.342. The zero-order valence-corrected chi connectivity index (χ0v) is 9.25. The van der Waals surface area contributed by atoms with Gasteiger partial charge in [-0.15, -0.1) is 0 Å². The third-order valence-corrected chi connectivity index (χ3v) is 2.90. The molecule has 7 heteroatoms. The lowest BCUT2D eigenvalue weighted by molar-refractivity contribution is 0.594. The summed E-state index contributed by atoms with van der Waals surface area (Å²) in [7, 11) is -3.42. The van der Waals surface area contributed by atoms with Gasteiger partial charge in [-0.2, -0.15) is 0 Å². The molecular weight excluding hydrogens is 238 g/mol. The zero-order valence-electron chi connectivity index (χ0n) is 7.68. The fraction of sp³-hybridized carbons (Fsp3) is 0.125. The first-order chi connectivity index (χ1) is 6.98. The number of pyridine rings is 1. The van der Waals surface area contributed by atoms with E-state index in [2.05, 4.69) is 15.0 Å². The van der Waals surface area contributed by atoms with Gasteiger partial charge in [-0.3, -0.25) is 0 Å². The van der Waals surface area contributed by atoms with Gasteiger partial charge in [-0.1, -0.05) is 11.6 Å². The molecule has 0 radical (unpaired) electrons. The Balaban J connectivity index is 2.81. The molecule has 15 heavy (non-hydrogen) atoms. The zero-order chi connectivity index (χ0) is 11.1. The van der Waals surface area contributed by atoms with Crippen LogP contribution in [0.4, 0.5) is 0 Å². The molecular formula is C8H6ClN3O2S. The number of halogens is 1. The SMILES string of the molecule is CS(=O)(=O)c1ncc2ccnc(Cl)c2n1. The van der Waals surface area contributed by atoms with Gasteiger partial charge in [0.25, 0.3) is 0 Å². The van der Waals surface area contributed by atoms with Gasteiger partial charge in [0.15, 0.2) is 5.15 Å². The van der Waals surface area contributed by atoms with E-state index in [-0.39, 0.29) is 10.3 Å². The minimum atomic E-state index is -3.42. The molecule has 0 fully saturated rings. The standard InChI is InChI=1S/C8H6ClN3O2S/c1-15(13,14)8-11-4-5-2-3-10-7(9)6(5)12-8/h2-4H,1H3. The molecule has 0 atom stereocenters. The molecule has 0 aromatic carbocycles. The van der Waals surface area contributed by atoms with Crippen molar-refractivity contribution in [2.45, 2.75) is 5.16 Å². The largest absolute Gasteiger partial charge is 0.247 e. The summed E-state index contributed by atoms with van der Waals surface area (Å²) in [6.45, 7) is 0. The van der Waals surface area contributed by atoms with Gasteiger partial charge in [0.2, 0.25) is 15.0 Å². The number of fused-ring (bicyclic) bond motifs is 1. The second-order valence-corrected chi connectivity index (χ2v) is 5.23. The fourth-order valence-corrected chi connectivity index (χ4v) is 1.79. The molecule has 0 N–H and O–H groups in total. The maximum atomic E-state index is 11.2. The van der Waals surface area contributed by atoms with Gasteiger partial charge in [0.05, 0.1) is 0 Å². The highest BCUT2D eigenvalue weighted by molar-refractivity contribution is 7.90. The number of sulfone groups is 1. The van der Waals surface area contributed by atoms with E-state index >= 15 is 0 Å². The molecule has 0 amide bonds. The van der Waals surface area contributed by atoms with Gasteiger partial charge < -0.3 is 0 Å². The first-order valence-corrected chi connectivity index (χ1v) is 6.23. The summed E-state index contributed by atoms with van der Waals surface area (Å²) in [5, 5.41) is 0.576. The molecule has 2 aromatic rings. The van der Waals surface area contributed by atoms with Crippen molar-refractivity contribution in [2.75, 3.05) is 6.26 Å². The molecule has 0 saturated heterocycles. The van der Waals surface area contributed by atoms with Crippen LogP contribution in [0.5, 0.6) is 0 Å². The van der Waals surface area contributed by atoms with Crippen LogP contribution in [0.1, 0.15) is 0 Å². The number of rotatable bonds is 1. The van der Waals surface area contributed by atoms with Crippen LogP contribution in [0.3, 0.4) is 0 Å². The maximum Gasteiger partial charge on any atom is 0.247 e. The Morgan fingerprint density at radius 3 is 2.73 bits per heavy atom. The Bertz CT molecular complexity index is 627. The van der Waals surface area contributed by atoms with Crippen LogP contribution in [0.15, 0.2) is 23.6 Å². The Hall–Kier alpha value is -1.27. The lowest BCUT2D eigenvalue weighted by Crippen LogP contribution is -2.03. The van der Waals surface area contributed by atoms with Crippen LogP contribution in [0, 0.1) is 0 Å². The van der Waals surface area contributed by atoms with Gasteiger partial charge in [0, 0.05) is 24.0 Å². The number of hydrogen-bond acceptors (Lipinski definition) is 5. The Morgan fingerprint density at radius 2 is 2.07 bits per heavy atom. The molecule has 5 nitrogen and oxygen atoms in total. The van der Waals surface area contributed by atoms with Crippen molar-refractivity contribution >= 4 is 32.3 Å². The highest BCUT2D eigenvalue weighted by Gasteiger charge is 2.12. The summed E-state index contributed by atoms with van der Waals surface area (Å²) in [6.07, 6.45) is 3.96. The van der Waals surface area contributed by atoms with E-state index in [4.69, 9.17) is 11.6 Å². The van der Waals surface area contributed by atoms with Crippen molar-refractivity contribution in [3.8, 4) is 0 Å². The minimum absolute atomic E-state index is 0.166. The van der Waals surface area contributed by atoms with E-state index in [0.717, 1.165) is 6.26 Å². The van der Waals surface area contributed by atoms with Crippen LogP contribution >= 0.6 is 11.6 Å². The highest BCUT2D eigenvalue weighted by Crippen LogP contribution is 2.18. The minimum Gasteiger partial charge on any atom is -0.242 e. The van der Waals surface area contributed by atoms with Crippen molar-refractivity contribution < 1.29 is 8.42 Å². The Labute approximate surface area is 91.1 Å². The molecule has 0 bridgehead atoms. The van der Waals surface area contributed by atoms with Crippen molar-refractivity contribution in [1.82, 2.24) is 15.0 Å². The van der Waals surface area contributed by atoms with Gasteiger partial charge in [0.1, 0.15) is 5.52 Å². The fourth-order valence-electron chi connectivity index (χ4n) is 1.08. The quantitative estimate of drug-likeness (QED) is 0.554. The van der Waals surface area contributed by atoms with Crippen LogP contribution in [0.2, 0.25) is 5.15 Å². The molecule has 78 valence electrons. The monoisotopic (exact) mass is 243 g/mol. The molecule has 0 aliphatic heterocycles.